The molecule has 0 bridgehead atoms. The number of rotatable bonds is 11. The van der Waals surface area contributed by atoms with Crippen LogP contribution in [0.3, 0.4) is 0 Å². The summed E-state index contributed by atoms with van der Waals surface area (Å²) in [7, 11) is 3.14. The maximum atomic E-state index is 13.2. The van der Waals surface area contributed by atoms with Crippen LogP contribution in [0.1, 0.15) is 34.1 Å². The summed E-state index contributed by atoms with van der Waals surface area (Å²) >= 11 is 6.06. The molecule has 198 valence electrons. The Labute approximate surface area is 223 Å². The Kier molecular flexibility index (Phi) is 9.58. The summed E-state index contributed by atoms with van der Waals surface area (Å²) in [5.41, 5.74) is 2.21. The predicted octanol–water partition coefficient (Wildman–Crippen LogP) is 5.68. The number of methoxy groups -OCH3 is 2. The Bertz CT molecular complexity index is 1220. The smallest absolute Gasteiger partial charge is 0.246 e. The van der Waals surface area contributed by atoms with Crippen molar-refractivity contribution in [2.24, 2.45) is 11.8 Å². The molecule has 1 heterocycles. The first-order chi connectivity index (χ1) is 17.6. The molecule has 0 spiro atoms. The fourth-order valence-electron chi connectivity index (χ4n) is 3.91. The molecule has 1 N–H and O–H groups in total. The summed E-state index contributed by atoms with van der Waals surface area (Å²) in [4.78, 5) is 32.3. The van der Waals surface area contributed by atoms with E-state index in [9.17, 15) is 9.59 Å². The first-order valence-electron chi connectivity index (χ1n) is 12.3. The third-order valence-corrected chi connectivity index (χ3v) is 5.85. The van der Waals surface area contributed by atoms with Gasteiger partial charge in [-0.15, -0.1) is 0 Å². The number of hydrogen-bond donors (Lipinski definition) is 1. The minimum atomic E-state index is -0.326. The number of nitrogens with one attached hydrogen (secondary N) is 1. The summed E-state index contributed by atoms with van der Waals surface area (Å²) < 4.78 is 12.6. The van der Waals surface area contributed by atoms with Gasteiger partial charge < -0.3 is 14.4 Å². The molecule has 2 amide bonds. The van der Waals surface area contributed by atoms with E-state index in [1.807, 2.05) is 52.1 Å². The Hall–Kier alpha value is -3.52. The first kappa shape index (κ1) is 28.1. The number of benzene rings is 2. The molecule has 0 aliphatic rings. The average Bonchev–Trinajstić information content (AvgIpc) is 3.26. The van der Waals surface area contributed by atoms with E-state index in [1.165, 1.54) is 0 Å². The zero-order chi connectivity index (χ0) is 27.1. The van der Waals surface area contributed by atoms with Crippen molar-refractivity contribution in [3.63, 3.8) is 0 Å². The van der Waals surface area contributed by atoms with Crippen molar-refractivity contribution in [2.45, 2.75) is 34.1 Å². The maximum absolute atomic E-state index is 13.2. The Morgan fingerprint density at radius 3 is 2.27 bits per heavy atom. The second-order valence-electron chi connectivity index (χ2n) is 9.68. The van der Waals surface area contributed by atoms with E-state index in [-0.39, 0.29) is 30.2 Å². The highest BCUT2D eigenvalue weighted by Gasteiger charge is 2.21. The molecule has 0 fully saturated rings. The van der Waals surface area contributed by atoms with Crippen molar-refractivity contribution in [2.75, 3.05) is 32.6 Å². The maximum Gasteiger partial charge on any atom is 0.246 e. The number of halogens is 1. The van der Waals surface area contributed by atoms with Crippen LogP contribution in [0.5, 0.6) is 11.5 Å². The van der Waals surface area contributed by atoms with Crippen LogP contribution in [0.4, 0.5) is 5.95 Å². The monoisotopic (exact) mass is 526 g/mol. The number of aromatic nitrogens is 2. The van der Waals surface area contributed by atoms with E-state index in [0.29, 0.717) is 41.1 Å². The molecular weight excluding hydrogens is 492 g/mol. The highest BCUT2D eigenvalue weighted by molar-refractivity contribution is 6.30. The van der Waals surface area contributed by atoms with E-state index >= 15 is 0 Å². The van der Waals surface area contributed by atoms with Crippen LogP contribution in [0, 0.1) is 11.8 Å². The van der Waals surface area contributed by atoms with Gasteiger partial charge in [-0.2, -0.15) is 0 Å². The van der Waals surface area contributed by atoms with Crippen molar-refractivity contribution >= 4 is 29.4 Å². The Morgan fingerprint density at radius 2 is 1.68 bits per heavy atom. The van der Waals surface area contributed by atoms with Gasteiger partial charge in [-0.3, -0.25) is 19.5 Å². The van der Waals surface area contributed by atoms with Gasteiger partial charge in [-0.25, -0.2) is 4.98 Å². The van der Waals surface area contributed by atoms with E-state index in [1.54, 1.807) is 48.0 Å². The van der Waals surface area contributed by atoms with E-state index in [0.717, 1.165) is 11.3 Å². The van der Waals surface area contributed by atoms with Crippen molar-refractivity contribution in [1.29, 1.82) is 0 Å². The van der Waals surface area contributed by atoms with Crippen LogP contribution in [0.15, 0.2) is 48.7 Å². The second kappa shape index (κ2) is 12.6. The lowest BCUT2D eigenvalue weighted by Crippen LogP contribution is -2.40. The average molecular weight is 527 g/mol. The second-order valence-corrected chi connectivity index (χ2v) is 10.1. The van der Waals surface area contributed by atoms with Crippen LogP contribution >= 0.6 is 11.6 Å². The molecule has 37 heavy (non-hydrogen) atoms. The number of carbonyl (C=O) groups is 2. The summed E-state index contributed by atoms with van der Waals surface area (Å²) in [6, 6.07) is 12.7. The molecule has 9 heteroatoms. The highest BCUT2D eigenvalue weighted by atomic mass is 35.5. The Balaban J connectivity index is 1.96. The number of ether oxygens (including phenoxy) is 2. The van der Waals surface area contributed by atoms with Crippen molar-refractivity contribution < 1.29 is 19.1 Å². The minimum Gasteiger partial charge on any atom is -0.493 e. The molecule has 1 aromatic heterocycles. The first-order valence-corrected chi connectivity index (χ1v) is 12.6. The molecule has 3 rings (SSSR count). The zero-order valence-corrected chi connectivity index (χ0v) is 23.0. The molecule has 3 aromatic rings. The molecule has 0 aliphatic heterocycles. The van der Waals surface area contributed by atoms with Gasteiger partial charge in [0.2, 0.25) is 17.8 Å². The third kappa shape index (κ3) is 7.49. The van der Waals surface area contributed by atoms with Crippen LogP contribution < -0.4 is 14.8 Å². The molecule has 0 atom stereocenters. The lowest BCUT2D eigenvalue weighted by molar-refractivity contribution is -0.135. The van der Waals surface area contributed by atoms with E-state index in [2.05, 4.69) is 5.32 Å². The third-order valence-electron chi connectivity index (χ3n) is 5.60. The fourth-order valence-corrected chi connectivity index (χ4v) is 4.04. The number of amides is 2. The van der Waals surface area contributed by atoms with Crippen LogP contribution in [-0.2, 0) is 9.59 Å². The molecule has 2 aromatic carbocycles. The normalized spacial score (nSPS) is 11.1. The highest BCUT2D eigenvalue weighted by Crippen LogP contribution is 2.32. The van der Waals surface area contributed by atoms with Gasteiger partial charge in [0, 0.05) is 35.8 Å². The van der Waals surface area contributed by atoms with Crippen molar-refractivity contribution in [3.05, 3.63) is 53.7 Å². The summed E-state index contributed by atoms with van der Waals surface area (Å²) in [5.74, 6) is 1.52. The summed E-state index contributed by atoms with van der Waals surface area (Å²) in [5, 5.41) is 3.53. The topological polar surface area (TPSA) is 85.7 Å². The van der Waals surface area contributed by atoms with Gasteiger partial charge in [0.1, 0.15) is 0 Å². The molecule has 8 nitrogen and oxygen atoms in total. The number of carbonyl (C=O) groups excluding carboxylic acids is 2. The predicted molar refractivity (Wildman–Crippen MR) is 147 cm³/mol. The number of hydrogen-bond acceptors (Lipinski definition) is 5. The van der Waals surface area contributed by atoms with E-state index in [4.69, 9.17) is 26.1 Å². The molecule has 0 saturated heterocycles. The zero-order valence-electron chi connectivity index (χ0n) is 22.2. The van der Waals surface area contributed by atoms with Crippen LogP contribution in [0.2, 0.25) is 5.02 Å². The van der Waals surface area contributed by atoms with Crippen molar-refractivity contribution in [3.8, 4) is 28.4 Å². The summed E-state index contributed by atoms with van der Waals surface area (Å²) in [6.07, 6.45) is 2.22. The van der Waals surface area contributed by atoms with Crippen LogP contribution in [0.25, 0.3) is 16.9 Å². The summed E-state index contributed by atoms with van der Waals surface area (Å²) in [6.45, 7) is 8.47. The Morgan fingerprint density at radius 1 is 1.00 bits per heavy atom. The van der Waals surface area contributed by atoms with E-state index < -0.39 is 0 Å². The quantitative estimate of drug-likeness (QED) is 0.347. The van der Waals surface area contributed by atoms with Gasteiger partial charge in [-0.1, -0.05) is 51.4 Å². The molecule has 0 aliphatic carbocycles. The molecule has 0 radical (unpaired) electrons. The van der Waals surface area contributed by atoms with Gasteiger partial charge >= 0.3 is 0 Å². The minimum absolute atomic E-state index is 0.0380. The largest absolute Gasteiger partial charge is 0.493 e. The lowest BCUT2D eigenvalue weighted by Gasteiger charge is -2.25. The van der Waals surface area contributed by atoms with Crippen molar-refractivity contribution in [1.82, 2.24) is 14.5 Å². The number of imidazole rings is 1. The lowest BCUT2D eigenvalue weighted by atomic mass is 10.1. The molecule has 0 saturated carbocycles. The van der Waals surface area contributed by atoms with Gasteiger partial charge in [0.05, 0.1) is 32.1 Å². The number of nitrogens with zero attached hydrogens (tertiary/aromatic N) is 3. The van der Waals surface area contributed by atoms with Gasteiger partial charge in [0.15, 0.2) is 11.5 Å². The van der Waals surface area contributed by atoms with Gasteiger partial charge in [-0.05, 0) is 36.1 Å². The fraction of sp³-hybridized carbons (Fsp3) is 0.393. The van der Waals surface area contributed by atoms with Gasteiger partial charge in [0.25, 0.3) is 0 Å². The molecule has 0 unspecified atom stereocenters. The van der Waals surface area contributed by atoms with Crippen LogP contribution in [-0.4, -0.2) is 53.6 Å². The standard InChI is InChI=1S/C28H35ClN4O4/c1-18(2)13-27(35)32(15-19(3)4)17-26(34)31-28-30-23(20-7-9-21(29)10-8-20)16-33(28)22-11-12-24(36-5)25(14-22)37-6/h7-12,14,16,18-19H,13,15,17H2,1-6H3,(H,30,31,34). The number of anilines is 1. The molecular formula is C28H35ClN4O4. The SMILES string of the molecule is COc1ccc(-n2cc(-c3ccc(Cl)cc3)nc2NC(=O)CN(CC(C)C)C(=O)CC(C)C)cc1OC.